The van der Waals surface area contributed by atoms with Gasteiger partial charge in [0.05, 0.1) is 18.7 Å². The summed E-state index contributed by atoms with van der Waals surface area (Å²) >= 11 is 1.59. The average Bonchev–Trinajstić information content (AvgIpc) is 2.54. The highest BCUT2D eigenvalue weighted by Crippen LogP contribution is 2.25. The molecule has 2 atom stereocenters. The van der Waals surface area contributed by atoms with E-state index in [1.54, 1.807) is 24.9 Å². The highest BCUT2D eigenvalue weighted by Gasteiger charge is 2.27. The van der Waals surface area contributed by atoms with Gasteiger partial charge in [0.25, 0.3) is 5.91 Å². The summed E-state index contributed by atoms with van der Waals surface area (Å²) in [5, 5.41) is 6.00. The molecule has 6 nitrogen and oxygen atoms in total. The lowest BCUT2D eigenvalue weighted by molar-refractivity contribution is -0.120. The van der Waals surface area contributed by atoms with Crippen molar-refractivity contribution in [3.63, 3.8) is 0 Å². The zero-order valence-corrected chi connectivity index (χ0v) is 13.5. The number of thioether (sulfide) groups is 1. The summed E-state index contributed by atoms with van der Waals surface area (Å²) < 4.78 is 5.30. The zero-order valence-electron chi connectivity index (χ0n) is 12.7. The van der Waals surface area contributed by atoms with Gasteiger partial charge in [-0.2, -0.15) is 0 Å². The first-order chi connectivity index (χ1) is 10.5. The van der Waals surface area contributed by atoms with Crippen molar-refractivity contribution < 1.29 is 14.3 Å². The van der Waals surface area contributed by atoms with Gasteiger partial charge in [-0.05, 0) is 43.8 Å². The summed E-state index contributed by atoms with van der Waals surface area (Å²) in [6.45, 7) is 0.654. The molecule has 0 unspecified atom stereocenters. The van der Waals surface area contributed by atoms with Gasteiger partial charge in [-0.1, -0.05) is 0 Å². The molecule has 0 spiro atoms. The Balaban J connectivity index is 2.07. The maximum Gasteiger partial charge on any atom is 0.255 e. The molecule has 0 saturated carbocycles. The van der Waals surface area contributed by atoms with Crippen LogP contribution in [0.5, 0.6) is 5.75 Å². The van der Waals surface area contributed by atoms with Gasteiger partial charge in [-0.15, -0.1) is 11.8 Å². The highest BCUT2D eigenvalue weighted by molar-refractivity contribution is 7.98. The van der Waals surface area contributed by atoms with Gasteiger partial charge in [-0.25, -0.2) is 0 Å². The van der Waals surface area contributed by atoms with Crippen LogP contribution in [0.2, 0.25) is 0 Å². The van der Waals surface area contributed by atoms with Gasteiger partial charge in [-0.3, -0.25) is 9.59 Å². The third-order valence-electron chi connectivity index (χ3n) is 3.74. The zero-order chi connectivity index (χ0) is 16.1. The second kappa shape index (κ2) is 7.51. The minimum Gasteiger partial charge on any atom is -0.496 e. The van der Waals surface area contributed by atoms with E-state index in [4.69, 9.17) is 10.5 Å². The number of carbonyl (C=O) groups is 2. The Morgan fingerprint density at radius 3 is 2.86 bits per heavy atom. The van der Waals surface area contributed by atoms with Crippen molar-refractivity contribution in [2.75, 3.05) is 19.9 Å². The number of benzene rings is 1. The average molecular weight is 323 g/mol. The second-order valence-electron chi connectivity index (χ2n) is 5.17. The fourth-order valence-electron chi connectivity index (χ4n) is 2.51. The number of carbonyl (C=O) groups excluding carboxylic acids is 2. The second-order valence-corrected chi connectivity index (χ2v) is 6.05. The van der Waals surface area contributed by atoms with Crippen molar-refractivity contribution in [2.24, 2.45) is 5.73 Å². The van der Waals surface area contributed by atoms with E-state index in [0.717, 1.165) is 11.3 Å². The van der Waals surface area contributed by atoms with Crippen molar-refractivity contribution in [3.05, 3.63) is 23.8 Å². The van der Waals surface area contributed by atoms with Gasteiger partial charge in [0.15, 0.2) is 0 Å². The van der Waals surface area contributed by atoms with Gasteiger partial charge >= 0.3 is 0 Å². The first kappa shape index (κ1) is 16.6. The monoisotopic (exact) mass is 323 g/mol. The van der Waals surface area contributed by atoms with Gasteiger partial charge < -0.3 is 21.1 Å². The number of primary amides is 1. The van der Waals surface area contributed by atoms with Crippen LogP contribution >= 0.6 is 11.8 Å². The van der Waals surface area contributed by atoms with Crippen molar-refractivity contribution in [1.29, 1.82) is 0 Å². The van der Waals surface area contributed by atoms with Crippen molar-refractivity contribution >= 4 is 23.6 Å². The van der Waals surface area contributed by atoms with E-state index >= 15 is 0 Å². The summed E-state index contributed by atoms with van der Waals surface area (Å²) in [7, 11) is 1.55. The molecule has 120 valence electrons. The van der Waals surface area contributed by atoms with Crippen LogP contribution in [-0.4, -0.2) is 43.8 Å². The Bertz CT molecular complexity index is 565. The molecule has 0 radical (unpaired) electrons. The first-order valence-electron chi connectivity index (χ1n) is 7.10. The Hall–Kier alpha value is -1.73. The van der Waals surface area contributed by atoms with Crippen molar-refractivity contribution in [1.82, 2.24) is 10.6 Å². The van der Waals surface area contributed by atoms with Gasteiger partial charge in [0.2, 0.25) is 5.91 Å². The molecule has 2 amide bonds. The third kappa shape index (κ3) is 3.92. The van der Waals surface area contributed by atoms with E-state index in [9.17, 15) is 9.59 Å². The van der Waals surface area contributed by atoms with Gasteiger partial charge in [0, 0.05) is 10.9 Å². The summed E-state index contributed by atoms with van der Waals surface area (Å²) in [6.07, 6.45) is 3.24. The van der Waals surface area contributed by atoms with Crippen LogP contribution in [0.1, 0.15) is 23.2 Å². The largest absolute Gasteiger partial charge is 0.496 e. The molecule has 7 heteroatoms. The van der Waals surface area contributed by atoms with Gasteiger partial charge in [0.1, 0.15) is 5.75 Å². The standard InChI is InChI=1S/C15H21N3O3S/c1-21-13-8-10(22-2)3-4-11(13)15(20)18-9-5-6-17-12(7-9)14(16)19/h3-4,8-9,12,17H,5-7H2,1-2H3,(H2,16,19)(H,18,20)/t9-,12+/m1/s1. The van der Waals surface area contributed by atoms with Crippen LogP contribution in [0, 0.1) is 0 Å². The predicted octanol–water partition coefficient (Wildman–Crippen LogP) is 0.753. The molecule has 1 aliphatic heterocycles. The number of piperidine rings is 1. The number of methoxy groups -OCH3 is 1. The number of rotatable bonds is 5. The normalized spacial score (nSPS) is 21.2. The van der Waals surface area contributed by atoms with E-state index < -0.39 is 0 Å². The molecule has 1 saturated heterocycles. The summed E-state index contributed by atoms with van der Waals surface area (Å²) in [6, 6.07) is 5.02. The topological polar surface area (TPSA) is 93.4 Å². The lowest BCUT2D eigenvalue weighted by Crippen LogP contribution is -2.52. The molecule has 22 heavy (non-hydrogen) atoms. The van der Waals surface area contributed by atoms with Crippen LogP contribution in [0.4, 0.5) is 0 Å². The highest BCUT2D eigenvalue weighted by atomic mass is 32.2. The summed E-state index contributed by atoms with van der Waals surface area (Å²) in [5.41, 5.74) is 5.81. The smallest absolute Gasteiger partial charge is 0.255 e. The maximum atomic E-state index is 12.4. The Kier molecular flexibility index (Phi) is 5.68. The Morgan fingerprint density at radius 1 is 1.45 bits per heavy atom. The van der Waals surface area contributed by atoms with Crippen LogP contribution in [0.25, 0.3) is 0 Å². The summed E-state index contributed by atoms with van der Waals surface area (Å²) in [4.78, 5) is 24.7. The number of nitrogens with two attached hydrogens (primary N) is 1. The molecule has 0 aliphatic carbocycles. The van der Waals surface area contributed by atoms with Crippen LogP contribution in [-0.2, 0) is 4.79 Å². The fraction of sp³-hybridized carbons (Fsp3) is 0.467. The molecule has 0 bridgehead atoms. The van der Waals surface area contributed by atoms with E-state index in [0.29, 0.717) is 24.3 Å². The Morgan fingerprint density at radius 2 is 2.23 bits per heavy atom. The summed E-state index contributed by atoms with van der Waals surface area (Å²) in [5.74, 6) is -0.0368. The molecular weight excluding hydrogens is 302 g/mol. The SMILES string of the molecule is COc1cc(SC)ccc1C(=O)N[C@@H]1CCN[C@H](C(N)=O)C1. The lowest BCUT2D eigenvalue weighted by Gasteiger charge is -2.29. The van der Waals surface area contributed by atoms with E-state index in [1.165, 1.54) is 0 Å². The molecule has 1 aliphatic rings. The molecule has 4 N–H and O–H groups in total. The molecule has 1 heterocycles. The molecule has 2 rings (SSSR count). The minimum absolute atomic E-state index is 0.0730. The van der Waals surface area contributed by atoms with Crippen LogP contribution in [0.3, 0.4) is 0 Å². The molecule has 1 aromatic rings. The van der Waals surface area contributed by atoms with Crippen LogP contribution < -0.4 is 21.1 Å². The predicted molar refractivity (Wildman–Crippen MR) is 86.2 cm³/mol. The number of amides is 2. The molecular formula is C15H21N3O3S. The van der Waals surface area contributed by atoms with E-state index in [-0.39, 0.29) is 23.9 Å². The van der Waals surface area contributed by atoms with Crippen LogP contribution in [0.15, 0.2) is 23.1 Å². The number of hydrogen-bond donors (Lipinski definition) is 3. The van der Waals surface area contributed by atoms with E-state index in [2.05, 4.69) is 10.6 Å². The minimum atomic E-state index is -0.389. The molecule has 1 aromatic carbocycles. The lowest BCUT2D eigenvalue weighted by atomic mass is 9.98. The first-order valence-corrected chi connectivity index (χ1v) is 8.33. The number of hydrogen-bond acceptors (Lipinski definition) is 5. The maximum absolute atomic E-state index is 12.4. The molecule has 1 fully saturated rings. The fourth-order valence-corrected chi connectivity index (χ4v) is 2.94. The molecule has 0 aromatic heterocycles. The van der Waals surface area contributed by atoms with Crippen molar-refractivity contribution in [2.45, 2.75) is 29.8 Å². The number of ether oxygens (including phenoxy) is 1. The Labute approximate surface area is 134 Å². The van der Waals surface area contributed by atoms with E-state index in [1.807, 2.05) is 18.4 Å². The number of nitrogens with one attached hydrogen (secondary N) is 2. The van der Waals surface area contributed by atoms with Crippen molar-refractivity contribution in [3.8, 4) is 5.75 Å². The third-order valence-corrected chi connectivity index (χ3v) is 4.46. The quantitative estimate of drug-likeness (QED) is 0.695.